The highest BCUT2D eigenvalue weighted by atomic mass is 32.1. The maximum atomic E-state index is 5.55. The van der Waals surface area contributed by atoms with Crippen molar-refractivity contribution in [2.24, 2.45) is 0 Å². The number of pyridine rings is 1. The van der Waals surface area contributed by atoms with Crippen molar-refractivity contribution in [2.75, 3.05) is 11.9 Å². The highest BCUT2D eigenvalue weighted by Crippen LogP contribution is 2.30. The molecule has 2 aromatic heterocycles. The highest BCUT2D eigenvalue weighted by Gasteiger charge is 2.13. The molecular formula is C17H16N2OS. The van der Waals surface area contributed by atoms with E-state index in [-0.39, 0.29) is 6.04 Å². The van der Waals surface area contributed by atoms with Crippen LogP contribution in [0.2, 0.25) is 0 Å². The van der Waals surface area contributed by atoms with Gasteiger partial charge in [-0.25, -0.2) is 0 Å². The minimum atomic E-state index is 0.226. The third-order valence-corrected chi connectivity index (χ3v) is 4.75. The van der Waals surface area contributed by atoms with Crippen LogP contribution >= 0.6 is 11.3 Å². The van der Waals surface area contributed by atoms with Crippen LogP contribution in [-0.2, 0) is 6.42 Å². The molecule has 4 heteroatoms. The topological polar surface area (TPSA) is 34.1 Å². The molecular weight excluding hydrogens is 280 g/mol. The molecule has 3 heterocycles. The Morgan fingerprint density at radius 1 is 1.29 bits per heavy atom. The number of anilines is 1. The van der Waals surface area contributed by atoms with Gasteiger partial charge in [0.2, 0.25) is 0 Å². The molecule has 1 unspecified atom stereocenters. The van der Waals surface area contributed by atoms with Gasteiger partial charge in [-0.05, 0) is 53.8 Å². The molecule has 1 aliphatic heterocycles. The summed E-state index contributed by atoms with van der Waals surface area (Å²) in [5.41, 5.74) is 4.71. The summed E-state index contributed by atoms with van der Waals surface area (Å²) in [6.45, 7) is 2.97. The first-order valence-electron chi connectivity index (χ1n) is 7.15. The third-order valence-electron chi connectivity index (χ3n) is 3.90. The molecule has 4 rings (SSSR count). The monoisotopic (exact) mass is 296 g/mol. The fourth-order valence-corrected chi connectivity index (χ4v) is 3.50. The molecule has 1 atom stereocenters. The van der Waals surface area contributed by atoms with E-state index in [4.69, 9.17) is 4.74 Å². The van der Waals surface area contributed by atoms with E-state index in [1.54, 1.807) is 11.3 Å². The largest absolute Gasteiger partial charge is 0.493 e. The van der Waals surface area contributed by atoms with E-state index < -0.39 is 0 Å². The number of nitrogens with one attached hydrogen (secondary N) is 1. The summed E-state index contributed by atoms with van der Waals surface area (Å²) in [6, 6.07) is 10.8. The maximum absolute atomic E-state index is 5.55. The maximum Gasteiger partial charge on any atom is 0.122 e. The van der Waals surface area contributed by atoms with Gasteiger partial charge in [-0.2, -0.15) is 0 Å². The zero-order valence-corrected chi connectivity index (χ0v) is 12.6. The number of benzene rings is 1. The molecule has 0 fully saturated rings. The SMILES string of the molecule is CC(Nc1ccc2c(c1)CCO2)c1cnc2ccsc2c1. The second-order valence-corrected chi connectivity index (χ2v) is 6.31. The fraction of sp³-hybridized carbons (Fsp3) is 0.235. The number of ether oxygens (including phenoxy) is 1. The Hall–Kier alpha value is -2.07. The summed E-state index contributed by atoms with van der Waals surface area (Å²) >= 11 is 1.73. The van der Waals surface area contributed by atoms with Gasteiger partial charge >= 0.3 is 0 Å². The van der Waals surface area contributed by atoms with Gasteiger partial charge in [-0.1, -0.05) is 0 Å². The minimum absolute atomic E-state index is 0.226. The first-order chi connectivity index (χ1) is 10.3. The fourth-order valence-electron chi connectivity index (χ4n) is 2.71. The first kappa shape index (κ1) is 12.7. The van der Waals surface area contributed by atoms with Crippen LogP contribution in [0.3, 0.4) is 0 Å². The molecule has 106 valence electrons. The second kappa shape index (κ2) is 5.04. The normalized spacial score (nSPS) is 14.7. The standard InChI is InChI=1S/C17H16N2OS/c1-11(13-9-17-15(18-10-13)5-7-21-17)19-14-2-3-16-12(8-14)4-6-20-16/h2-3,5,7-11,19H,4,6H2,1H3. The van der Waals surface area contributed by atoms with Gasteiger partial charge in [0.05, 0.1) is 22.9 Å². The smallest absolute Gasteiger partial charge is 0.122 e. The quantitative estimate of drug-likeness (QED) is 0.777. The van der Waals surface area contributed by atoms with Crippen molar-refractivity contribution < 1.29 is 4.74 Å². The van der Waals surface area contributed by atoms with E-state index in [0.29, 0.717) is 0 Å². The van der Waals surface area contributed by atoms with E-state index in [1.165, 1.54) is 15.8 Å². The van der Waals surface area contributed by atoms with Crippen LogP contribution in [0.1, 0.15) is 24.1 Å². The van der Waals surface area contributed by atoms with Crippen LogP contribution < -0.4 is 10.1 Å². The molecule has 3 aromatic rings. The zero-order chi connectivity index (χ0) is 14.2. The molecule has 1 N–H and O–H groups in total. The average molecular weight is 296 g/mol. The second-order valence-electron chi connectivity index (χ2n) is 5.36. The Kier molecular flexibility index (Phi) is 3.04. The lowest BCUT2D eigenvalue weighted by Crippen LogP contribution is -2.07. The molecule has 0 amide bonds. The van der Waals surface area contributed by atoms with Crippen molar-refractivity contribution in [3.05, 3.63) is 53.0 Å². The summed E-state index contributed by atoms with van der Waals surface area (Å²) < 4.78 is 6.79. The summed E-state index contributed by atoms with van der Waals surface area (Å²) in [4.78, 5) is 4.51. The van der Waals surface area contributed by atoms with Gasteiger partial charge in [-0.15, -0.1) is 11.3 Å². The molecule has 1 aromatic carbocycles. The van der Waals surface area contributed by atoms with E-state index in [1.807, 2.05) is 6.20 Å². The lowest BCUT2D eigenvalue weighted by atomic mass is 10.1. The van der Waals surface area contributed by atoms with Crippen LogP contribution in [0.4, 0.5) is 5.69 Å². The summed E-state index contributed by atoms with van der Waals surface area (Å²) in [5.74, 6) is 1.02. The molecule has 0 aliphatic carbocycles. The number of rotatable bonds is 3. The predicted molar refractivity (Wildman–Crippen MR) is 87.3 cm³/mol. The van der Waals surface area contributed by atoms with E-state index >= 15 is 0 Å². The van der Waals surface area contributed by atoms with Crippen LogP contribution in [0.25, 0.3) is 10.2 Å². The van der Waals surface area contributed by atoms with Gasteiger partial charge in [-0.3, -0.25) is 4.98 Å². The molecule has 1 aliphatic rings. The number of hydrogen-bond donors (Lipinski definition) is 1. The lowest BCUT2D eigenvalue weighted by Gasteiger charge is -2.16. The minimum Gasteiger partial charge on any atom is -0.493 e. The number of hydrogen-bond acceptors (Lipinski definition) is 4. The predicted octanol–water partition coefficient (Wildman–Crippen LogP) is 4.40. The van der Waals surface area contributed by atoms with E-state index in [9.17, 15) is 0 Å². The number of aromatic nitrogens is 1. The number of nitrogens with zero attached hydrogens (tertiary/aromatic N) is 1. The van der Waals surface area contributed by atoms with Crippen molar-refractivity contribution in [1.82, 2.24) is 4.98 Å². The molecule has 0 spiro atoms. The highest BCUT2D eigenvalue weighted by molar-refractivity contribution is 7.17. The van der Waals surface area contributed by atoms with Gasteiger partial charge in [0, 0.05) is 18.3 Å². The first-order valence-corrected chi connectivity index (χ1v) is 8.03. The Bertz CT molecular complexity index is 796. The molecule has 0 saturated carbocycles. The molecule has 3 nitrogen and oxygen atoms in total. The van der Waals surface area contributed by atoms with Crippen molar-refractivity contribution in [3.63, 3.8) is 0 Å². The van der Waals surface area contributed by atoms with Crippen LogP contribution in [0, 0.1) is 0 Å². The molecule has 0 radical (unpaired) electrons. The number of fused-ring (bicyclic) bond motifs is 2. The van der Waals surface area contributed by atoms with Crippen LogP contribution in [0.5, 0.6) is 5.75 Å². The Morgan fingerprint density at radius 3 is 3.19 bits per heavy atom. The van der Waals surface area contributed by atoms with Crippen molar-refractivity contribution in [2.45, 2.75) is 19.4 Å². The van der Waals surface area contributed by atoms with E-state index in [0.717, 1.165) is 30.0 Å². The zero-order valence-electron chi connectivity index (χ0n) is 11.8. The van der Waals surface area contributed by atoms with Crippen molar-refractivity contribution in [3.8, 4) is 5.75 Å². The van der Waals surface area contributed by atoms with Gasteiger partial charge < -0.3 is 10.1 Å². The summed E-state index contributed by atoms with van der Waals surface area (Å²) in [7, 11) is 0. The Morgan fingerprint density at radius 2 is 2.24 bits per heavy atom. The third kappa shape index (κ3) is 2.36. The van der Waals surface area contributed by atoms with Gasteiger partial charge in [0.1, 0.15) is 5.75 Å². The molecule has 0 saturated heterocycles. The molecule has 21 heavy (non-hydrogen) atoms. The van der Waals surface area contributed by atoms with Crippen LogP contribution in [-0.4, -0.2) is 11.6 Å². The lowest BCUT2D eigenvalue weighted by molar-refractivity contribution is 0.357. The van der Waals surface area contributed by atoms with Gasteiger partial charge in [0.15, 0.2) is 0 Å². The molecule has 0 bridgehead atoms. The number of thiophene rings is 1. The van der Waals surface area contributed by atoms with Crippen LogP contribution in [0.15, 0.2) is 41.9 Å². The Labute approximate surface area is 127 Å². The van der Waals surface area contributed by atoms with E-state index in [2.05, 4.69) is 52.9 Å². The Balaban J connectivity index is 1.58. The van der Waals surface area contributed by atoms with Crippen molar-refractivity contribution >= 4 is 27.2 Å². The average Bonchev–Trinajstić information content (AvgIpc) is 3.14. The van der Waals surface area contributed by atoms with Crippen molar-refractivity contribution in [1.29, 1.82) is 0 Å². The summed E-state index contributed by atoms with van der Waals surface area (Å²) in [6.07, 6.45) is 2.96. The van der Waals surface area contributed by atoms with Gasteiger partial charge in [0.25, 0.3) is 0 Å². The summed E-state index contributed by atoms with van der Waals surface area (Å²) in [5, 5.41) is 5.64.